The van der Waals surface area contributed by atoms with E-state index in [1.807, 2.05) is 0 Å². The number of halogens is 1. The normalized spacial score (nSPS) is 21.8. The fraction of sp³-hybridized carbons (Fsp3) is 0.909. The molecule has 0 spiro atoms. The molecule has 4 nitrogen and oxygen atoms in total. The first-order valence-corrected chi connectivity index (χ1v) is 6.81. The third kappa shape index (κ3) is 7.13. The van der Waals surface area contributed by atoms with E-state index in [1.54, 1.807) is 11.8 Å². The van der Waals surface area contributed by atoms with Gasteiger partial charge in [0.15, 0.2) is 0 Å². The highest BCUT2D eigenvalue weighted by atomic mass is 35.5. The molecule has 1 amide bonds. The average molecular weight is 283 g/mol. The number of thioether (sulfide) groups is 1. The molecule has 0 bridgehead atoms. The summed E-state index contributed by atoms with van der Waals surface area (Å²) >= 11 is 1.72. The van der Waals surface area contributed by atoms with Crippen LogP contribution in [-0.2, 0) is 4.79 Å². The second kappa shape index (κ2) is 7.46. The van der Waals surface area contributed by atoms with Gasteiger partial charge in [0.2, 0.25) is 5.91 Å². The Balaban J connectivity index is 0.00000256. The molecule has 2 atom stereocenters. The Hall–Kier alpha value is 0.0300. The Labute approximate surface area is 114 Å². The van der Waals surface area contributed by atoms with E-state index in [9.17, 15) is 9.90 Å². The molecule has 1 aliphatic heterocycles. The first-order chi connectivity index (χ1) is 7.38. The Morgan fingerprint density at radius 2 is 2.24 bits per heavy atom. The molecule has 1 heterocycles. The summed E-state index contributed by atoms with van der Waals surface area (Å²) < 4.78 is 0. The van der Waals surface area contributed by atoms with Crippen LogP contribution in [0, 0.1) is 5.41 Å². The molecule has 3 N–H and O–H groups in total. The Morgan fingerprint density at radius 1 is 1.59 bits per heavy atom. The number of nitrogens with one attached hydrogen (secondary N) is 2. The van der Waals surface area contributed by atoms with E-state index in [-0.39, 0.29) is 29.8 Å². The highest BCUT2D eigenvalue weighted by Gasteiger charge is 2.23. The van der Waals surface area contributed by atoms with Crippen molar-refractivity contribution in [1.29, 1.82) is 0 Å². The molecule has 1 saturated heterocycles. The van der Waals surface area contributed by atoms with Crippen LogP contribution in [0.4, 0.5) is 0 Å². The van der Waals surface area contributed by atoms with E-state index in [1.165, 1.54) is 0 Å². The molecule has 6 heteroatoms. The zero-order chi connectivity index (χ0) is 12.2. The van der Waals surface area contributed by atoms with Gasteiger partial charge in [-0.05, 0) is 11.8 Å². The minimum absolute atomic E-state index is 0. The van der Waals surface area contributed by atoms with Crippen LogP contribution < -0.4 is 10.6 Å². The standard InChI is InChI=1S/C11H22N2O2S.ClH/c1-11(2,3)4-8(14)5-12-10(15)9-6-16-7-13-9;/h8-9,13-14H,4-7H2,1-3H3,(H,12,15);1H. The predicted molar refractivity (Wildman–Crippen MR) is 74.6 cm³/mol. The maximum Gasteiger partial charge on any atom is 0.238 e. The fourth-order valence-electron chi connectivity index (χ4n) is 1.68. The molecular formula is C11H23ClN2O2S. The lowest BCUT2D eigenvalue weighted by molar-refractivity contribution is -0.123. The van der Waals surface area contributed by atoms with Crippen molar-refractivity contribution >= 4 is 30.1 Å². The lowest BCUT2D eigenvalue weighted by Gasteiger charge is -2.22. The van der Waals surface area contributed by atoms with Crippen LogP contribution in [-0.4, -0.2) is 41.3 Å². The van der Waals surface area contributed by atoms with Gasteiger partial charge in [0.1, 0.15) is 0 Å². The van der Waals surface area contributed by atoms with E-state index in [4.69, 9.17) is 0 Å². The molecule has 0 aromatic heterocycles. The van der Waals surface area contributed by atoms with Crippen LogP contribution in [0.15, 0.2) is 0 Å². The predicted octanol–water partition coefficient (Wildman–Crippen LogP) is 0.984. The van der Waals surface area contributed by atoms with Crippen LogP contribution in [0.3, 0.4) is 0 Å². The zero-order valence-corrected chi connectivity index (χ0v) is 12.3. The van der Waals surface area contributed by atoms with E-state index >= 15 is 0 Å². The van der Waals surface area contributed by atoms with Crippen LogP contribution in [0.25, 0.3) is 0 Å². The van der Waals surface area contributed by atoms with Crippen molar-refractivity contribution in [3.05, 3.63) is 0 Å². The molecule has 102 valence electrons. The summed E-state index contributed by atoms with van der Waals surface area (Å²) in [6, 6.07) is -0.0909. The number of hydrogen-bond acceptors (Lipinski definition) is 4. The van der Waals surface area contributed by atoms with E-state index in [0.29, 0.717) is 13.0 Å². The first kappa shape index (κ1) is 17.0. The molecule has 0 radical (unpaired) electrons. The first-order valence-electron chi connectivity index (χ1n) is 5.65. The zero-order valence-electron chi connectivity index (χ0n) is 10.7. The molecule has 1 fully saturated rings. The smallest absolute Gasteiger partial charge is 0.238 e. The highest BCUT2D eigenvalue weighted by molar-refractivity contribution is 7.99. The van der Waals surface area contributed by atoms with Gasteiger partial charge in [0, 0.05) is 18.2 Å². The third-order valence-electron chi connectivity index (χ3n) is 2.39. The van der Waals surface area contributed by atoms with Crippen molar-refractivity contribution in [2.45, 2.75) is 39.3 Å². The van der Waals surface area contributed by atoms with Gasteiger partial charge in [0.05, 0.1) is 12.1 Å². The monoisotopic (exact) mass is 282 g/mol. The van der Waals surface area contributed by atoms with E-state index in [0.717, 1.165) is 11.6 Å². The van der Waals surface area contributed by atoms with Crippen LogP contribution >= 0.6 is 24.2 Å². The second-order valence-corrected chi connectivity index (χ2v) is 6.47. The summed E-state index contributed by atoms with van der Waals surface area (Å²) in [5.74, 6) is 1.65. The van der Waals surface area contributed by atoms with Gasteiger partial charge in [-0.25, -0.2) is 0 Å². The fourth-order valence-corrected chi connectivity index (χ4v) is 2.63. The highest BCUT2D eigenvalue weighted by Crippen LogP contribution is 2.20. The number of rotatable bonds is 4. The number of aliphatic hydroxyl groups is 1. The van der Waals surface area contributed by atoms with Crippen LogP contribution in [0.5, 0.6) is 0 Å². The number of hydrogen-bond donors (Lipinski definition) is 3. The number of carbonyl (C=O) groups is 1. The molecule has 0 aliphatic carbocycles. The maximum atomic E-state index is 11.6. The Kier molecular flexibility index (Phi) is 7.47. The van der Waals surface area contributed by atoms with Gasteiger partial charge in [-0.2, -0.15) is 0 Å². The molecule has 0 aromatic rings. The SMILES string of the molecule is CC(C)(C)CC(O)CNC(=O)C1CSCN1.Cl. The summed E-state index contributed by atoms with van der Waals surface area (Å²) in [6.07, 6.45) is 0.234. The van der Waals surface area contributed by atoms with Crippen LogP contribution in [0.1, 0.15) is 27.2 Å². The Morgan fingerprint density at radius 3 is 2.71 bits per heavy atom. The maximum absolute atomic E-state index is 11.6. The van der Waals surface area contributed by atoms with E-state index in [2.05, 4.69) is 31.4 Å². The lowest BCUT2D eigenvalue weighted by Crippen LogP contribution is -2.45. The van der Waals surface area contributed by atoms with Crippen molar-refractivity contribution in [3.63, 3.8) is 0 Å². The lowest BCUT2D eigenvalue weighted by atomic mass is 9.89. The van der Waals surface area contributed by atoms with Crippen molar-refractivity contribution in [2.24, 2.45) is 5.41 Å². The van der Waals surface area contributed by atoms with Crippen molar-refractivity contribution < 1.29 is 9.90 Å². The van der Waals surface area contributed by atoms with Crippen molar-refractivity contribution in [1.82, 2.24) is 10.6 Å². The van der Waals surface area contributed by atoms with Gasteiger partial charge >= 0.3 is 0 Å². The molecular weight excluding hydrogens is 260 g/mol. The molecule has 1 aliphatic rings. The van der Waals surface area contributed by atoms with Gasteiger partial charge in [-0.3, -0.25) is 10.1 Å². The number of aliphatic hydroxyl groups excluding tert-OH is 1. The number of amides is 1. The molecule has 1 rings (SSSR count). The molecule has 0 aromatic carbocycles. The second-order valence-electron chi connectivity index (χ2n) is 5.44. The van der Waals surface area contributed by atoms with Gasteiger partial charge in [-0.1, -0.05) is 20.8 Å². The third-order valence-corrected chi connectivity index (χ3v) is 3.33. The molecule has 17 heavy (non-hydrogen) atoms. The van der Waals surface area contributed by atoms with Gasteiger partial charge in [-0.15, -0.1) is 24.2 Å². The molecule has 0 saturated carbocycles. The largest absolute Gasteiger partial charge is 0.391 e. The van der Waals surface area contributed by atoms with E-state index < -0.39 is 6.10 Å². The minimum Gasteiger partial charge on any atom is -0.391 e. The minimum atomic E-state index is -0.460. The summed E-state index contributed by atoms with van der Waals surface area (Å²) in [5.41, 5.74) is 0.0889. The van der Waals surface area contributed by atoms with Gasteiger partial charge in [0.25, 0.3) is 0 Å². The van der Waals surface area contributed by atoms with Gasteiger partial charge < -0.3 is 10.4 Å². The summed E-state index contributed by atoms with van der Waals surface area (Å²) in [5, 5.41) is 15.6. The summed E-state index contributed by atoms with van der Waals surface area (Å²) in [6.45, 7) is 6.58. The Bertz CT molecular complexity index is 240. The quantitative estimate of drug-likeness (QED) is 0.720. The summed E-state index contributed by atoms with van der Waals surface area (Å²) in [4.78, 5) is 11.6. The number of carbonyl (C=O) groups excluding carboxylic acids is 1. The molecule has 2 unspecified atom stereocenters. The van der Waals surface area contributed by atoms with Crippen molar-refractivity contribution in [2.75, 3.05) is 18.2 Å². The van der Waals surface area contributed by atoms with Crippen molar-refractivity contribution in [3.8, 4) is 0 Å². The van der Waals surface area contributed by atoms with Crippen LogP contribution in [0.2, 0.25) is 0 Å². The topological polar surface area (TPSA) is 61.4 Å². The summed E-state index contributed by atoms with van der Waals surface area (Å²) in [7, 11) is 0. The average Bonchev–Trinajstić information content (AvgIpc) is 2.64.